The van der Waals surface area contributed by atoms with Crippen LogP contribution in [0.3, 0.4) is 0 Å². The number of hydrogen-bond donors (Lipinski definition) is 1. The van der Waals surface area contributed by atoms with Crippen LogP contribution in [0.1, 0.15) is 0 Å². The predicted octanol–water partition coefficient (Wildman–Crippen LogP) is -0.926. The van der Waals surface area contributed by atoms with Crippen LogP contribution in [0.15, 0.2) is 0 Å². The number of ether oxygens (including phenoxy) is 1. The van der Waals surface area contributed by atoms with Gasteiger partial charge in [0.25, 0.3) is 0 Å². The molecule has 0 aliphatic carbocycles. The summed E-state index contributed by atoms with van der Waals surface area (Å²) >= 11 is 0. The molecule has 1 rings (SSSR count). The minimum Gasteiger partial charge on any atom is -0.364 e. The van der Waals surface area contributed by atoms with Gasteiger partial charge in [0.05, 0.1) is 0 Å². The third-order valence-corrected chi connectivity index (χ3v) is 2.12. The van der Waals surface area contributed by atoms with Gasteiger partial charge in [0.2, 0.25) is 6.41 Å². The number of nitrogens with one attached hydrogen (secondary N) is 1. The summed E-state index contributed by atoms with van der Waals surface area (Å²) in [5.41, 5.74) is 0. The number of urea groups is 1. The van der Waals surface area contributed by atoms with Crippen molar-refractivity contribution in [2.75, 3.05) is 40.0 Å². The summed E-state index contributed by atoms with van der Waals surface area (Å²) in [6, 6.07) is -0.141. The number of carbonyl (C=O) groups is 2. The maximum atomic E-state index is 11.4. The fourth-order valence-electron chi connectivity index (χ4n) is 1.28. The second-order valence-corrected chi connectivity index (χ2v) is 3.04. The molecular formula is C8H15N3O3. The van der Waals surface area contributed by atoms with Crippen molar-refractivity contribution in [3.63, 3.8) is 0 Å². The van der Waals surface area contributed by atoms with Crippen molar-refractivity contribution < 1.29 is 14.3 Å². The van der Waals surface area contributed by atoms with Crippen LogP contribution in [0.5, 0.6) is 0 Å². The lowest BCUT2D eigenvalue weighted by Crippen LogP contribution is -2.51. The Balaban J connectivity index is 2.26. The molecule has 0 bridgehead atoms. The number of methoxy groups -OCH3 is 1. The van der Waals surface area contributed by atoms with Crippen LogP contribution in [-0.4, -0.2) is 62.3 Å². The normalized spacial score (nSPS) is 16.6. The molecule has 1 saturated heterocycles. The lowest BCUT2D eigenvalue weighted by Gasteiger charge is -2.32. The first-order valence-corrected chi connectivity index (χ1v) is 4.49. The van der Waals surface area contributed by atoms with Gasteiger partial charge < -0.3 is 19.9 Å². The lowest BCUT2D eigenvalue weighted by atomic mass is 10.3. The van der Waals surface area contributed by atoms with E-state index in [4.69, 9.17) is 4.74 Å². The molecule has 1 fully saturated rings. The van der Waals surface area contributed by atoms with Crippen molar-refractivity contribution in [1.82, 2.24) is 15.1 Å². The summed E-state index contributed by atoms with van der Waals surface area (Å²) in [5, 5.41) is 2.59. The number of nitrogens with zero attached hydrogens (tertiary/aromatic N) is 2. The quantitative estimate of drug-likeness (QED) is 0.474. The topological polar surface area (TPSA) is 61.9 Å². The molecule has 0 aromatic carbocycles. The van der Waals surface area contributed by atoms with Crippen LogP contribution >= 0.6 is 0 Å². The Hall–Kier alpha value is -1.30. The molecule has 6 heteroatoms. The largest absolute Gasteiger partial charge is 0.364 e. The van der Waals surface area contributed by atoms with E-state index in [-0.39, 0.29) is 12.8 Å². The Bertz CT molecular complexity index is 202. The molecule has 1 aliphatic rings. The van der Waals surface area contributed by atoms with E-state index in [1.807, 2.05) is 0 Å². The standard InChI is InChI=1S/C8H15N3O3/c1-14-6-9-8(13)11-4-2-10(7-12)3-5-11/h7H,2-6H2,1H3,(H,9,13). The molecule has 0 spiro atoms. The van der Waals surface area contributed by atoms with Crippen molar-refractivity contribution in [2.24, 2.45) is 0 Å². The van der Waals surface area contributed by atoms with Gasteiger partial charge in [-0.15, -0.1) is 0 Å². The SMILES string of the molecule is COCNC(=O)N1CCN(C=O)CC1. The van der Waals surface area contributed by atoms with Crippen molar-refractivity contribution in [1.29, 1.82) is 0 Å². The number of piperazine rings is 1. The maximum absolute atomic E-state index is 11.4. The summed E-state index contributed by atoms with van der Waals surface area (Å²) in [7, 11) is 1.52. The molecule has 1 N–H and O–H groups in total. The summed E-state index contributed by atoms with van der Waals surface area (Å²) in [6.07, 6.45) is 0.810. The molecule has 0 aromatic rings. The van der Waals surface area contributed by atoms with Crippen molar-refractivity contribution in [3.8, 4) is 0 Å². The zero-order chi connectivity index (χ0) is 10.4. The summed E-state index contributed by atoms with van der Waals surface area (Å²) in [5.74, 6) is 0. The molecule has 0 aromatic heterocycles. The molecular weight excluding hydrogens is 186 g/mol. The second kappa shape index (κ2) is 5.43. The zero-order valence-corrected chi connectivity index (χ0v) is 8.23. The van der Waals surface area contributed by atoms with Gasteiger partial charge in [0, 0.05) is 33.3 Å². The minimum atomic E-state index is -0.141. The molecule has 1 heterocycles. The Morgan fingerprint density at radius 2 is 2.07 bits per heavy atom. The van der Waals surface area contributed by atoms with Crippen molar-refractivity contribution in [3.05, 3.63) is 0 Å². The van der Waals surface area contributed by atoms with Crippen LogP contribution in [0, 0.1) is 0 Å². The molecule has 6 nitrogen and oxygen atoms in total. The number of rotatable bonds is 3. The van der Waals surface area contributed by atoms with E-state index < -0.39 is 0 Å². The average molecular weight is 201 g/mol. The van der Waals surface area contributed by atoms with Gasteiger partial charge in [-0.2, -0.15) is 0 Å². The highest BCUT2D eigenvalue weighted by Gasteiger charge is 2.19. The minimum absolute atomic E-state index is 0.141. The predicted molar refractivity (Wildman–Crippen MR) is 49.6 cm³/mol. The highest BCUT2D eigenvalue weighted by molar-refractivity contribution is 5.74. The molecule has 0 radical (unpaired) electrons. The van der Waals surface area contributed by atoms with E-state index in [0.717, 1.165) is 6.41 Å². The fourth-order valence-corrected chi connectivity index (χ4v) is 1.28. The van der Waals surface area contributed by atoms with Crippen molar-refractivity contribution >= 4 is 12.4 Å². The van der Waals surface area contributed by atoms with Crippen molar-refractivity contribution in [2.45, 2.75) is 0 Å². The van der Waals surface area contributed by atoms with Gasteiger partial charge in [-0.1, -0.05) is 0 Å². The van der Waals surface area contributed by atoms with E-state index in [1.165, 1.54) is 7.11 Å². The first-order valence-electron chi connectivity index (χ1n) is 4.49. The van der Waals surface area contributed by atoms with E-state index in [1.54, 1.807) is 9.80 Å². The molecule has 0 saturated carbocycles. The number of carbonyl (C=O) groups excluding carboxylic acids is 2. The zero-order valence-electron chi connectivity index (χ0n) is 8.23. The maximum Gasteiger partial charge on any atom is 0.319 e. The fraction of sp³-hybridized carbons (Fsp3) is 0.750. The van der Waals surface area contributed by atoms with Gasteiger partial charge in [-0.05, 0) is 0 Å². The van der Waals surface area contributed by atoms with Gasteiger partial charge in [-0.25, -0.2) is 4.79 Å². The van der Waals surface area contributed by atoms with Gasteiger partial charge in [0.15, 0.2) is 0 Å². The Kier molecular flexibility index (Phi) is 4.18. The third kappa shape index (κ3) is 2.88. The van der Waals surface area contributed by atoms with Crippen LogP contribution in [0.25, 0.3) is 0 Å². The summed E-state index contributed by atoms with van der Waals surface area (Å²) in [4.78, 5) is 25.1. The molecule has 80 valence electrons. The van der Waals surface area contributed by atoms with Crippen LogP contribution < -0.4 is 5.32 Å². The molecule has 0 unspecified atom stereocenters. The monoisotopic (exact) mass is 201 g/mol. The summed E-state index contributed by atoms with van der Waals surface area (Å²) in [6.45, 7) is 2.57. The molecule has 1 aliphatic heterocycles. The average Bonchev–Trinajstić information content (AvgIpc) is 2.26. The summed E-state index contributed by atoms with van der Waals surface area (Å²) < 4.78 is 4.72. The van der Waals surface area contributed by atoms with Crippen LogP contribution in [0.4, 0.5) is 4.79 Å². The second-order valence-electron chi connectivity index (χ2n) is 3.04. The van der Waals surface area contributed by atoms with Gasteiger partial charge in [0.1, 0.15) is 6.73 Å². The van der Waals surface area contributed by atoms with Gasteiger partial charge >= 0.3 is 6.03 Å². The highest BCUT2D eigenvalue weighted by atomic mass is 16.5. The number of hydrogen-bond acceptors (Lipinski definition) is 3. The van der Waals surface area contributed by atoms with Crippen LogP contribution in [-0.2, 0) is 9.53 Å². The Morgan fingerprint density at radius 3 is 2.57 bits per heavy atom. The smallest absolute Gasteiger partial charge is 0.319 e. The Labute approximate surface area is 82.8 Å². The van der Waals surface area contributed by atoms with Crippen LogP contribution in [0.2, 0.25) is 0 Å². The molecule has 3 amide bonds. The molecule has 14 heavy (non-hydrogen) atoms. The van der Waals surface area contributed by atoms with Gasteiger partial charge in [-0.3, -0.25) is 4.79 Å². The Morgan fingerprint density at radius 1 is 1.43 bits per heavy atom. The first-order chi connectivity index (χ1) is 6.77. The third-order valence-electron chi connectivity index (χ3n) is 2.12. The van der Waals surface area contributed by atoms with E-state index in [0.29, 0.717) is 26.2 Å². The highest BCUT2D eigenvalue weighted by Crippen LogP contribution is 1.99. The van der Waals surface area contributed by atoms with E-state index in [9.17, 15) is 9.59 Å². The van der Waals surface area contributed by atoms with E-state index in [2.05, 4.69) is 5.32 Å². The first kappa shape index (κ1) is 10.8. The molecule has 0 atom stereocenters. The lowest BCUT2D eigenvalue weighted by molar-refractivity contribution is -0.119. The van der Waals surface area contributed by atoms with E-state index >= 15 is 0 Å². The number of amides is 3.